The second kappa shape index (κ2) is 12.3. The van der Waals surface area contributed by atoms with E-state index in [0.717, 1.165) is 49.6 Å². The molecule has 1 aromatic rings. The molecule has 6 nitrogen and oxygen atoms in total. The molecule has 1 fully saturated rings. The number of rotatable bonds is 7. The first-order valence-corrected chi connectivity index (χ1v) is 9.30. The highest BCUT2D eigenvalue weighted by molar-refractivity contribution is 14.0. The van der Waals surface area contributed by atoms with Crippen LogP contribution in [0.3, 0.4) is 0 Å². The van der Waals surface area contributed by atoms with Gasteiger partial charge in [0.15, 0.2) is 5.96 Å². The van der Waals surface area contributed by atoms with Crippen LogP contribution in [0.2, 0.25) is 0 Å². The van der Waals surface area contributed by atoms with E-state index in [2.05, 4.69) is 35.2 Å². The van der Waals surface area contributed by atoms with E-state index in [1.54, 1.807) is 0 Å². The second-order valence-electron chi connectivity index (χ2n) is 6.82. The number of anilines is 1. The molecule has 1 aliphatic heterocycles. The SMILES string of the molecule is CCNC(=NCc1cccnc1N(C)C)N(C)CCC1CCOCC1.I. The molecule has 0 bridgehead atoms. The van der Waals surface area contributed by atoms with Crippen molar-refractivity contribution in [1.82, 2.24) is 15.2 Å². The fourth-order valence-electron chi connectivity index (χ4n) is 3.10. The fraction of sp³-hybridized carbons (Fsp3) is 0.684. The number of guanidine groups is 1. The lowest BCUT2D eigenvalue weighted by molar-refractivity contribution is 0.0625. The maximum atomic E-state index is 5.45. The van der Waals surface area contributed by atoms with E-state index in [4.69, 9.17) is 9.73 Å². The second-order valence-corrected chi connectivity index (χ2v) is 6.82. The highest BCUT2D eigenvalue weighted by atomic mass is 127. The van der Waals surface area contributed by atoms with Crippen LogP contribution in [0.15, 0.2) is 23.3 Å². The van der Waals surface area contributed by atoms with Gasteiger partial charge in [-0.15, -0.1) is 24.0 Å². The van der Waals surface area contributed by atoms with Crippen molar-refractivity contribution in [2.45, 2.75) is 32.7 Å². The van der Waals surface area contributed by atoms with Crippen LogP contribution >= 0.6 is 24.0 Å². The predicted octanol–water partition coefficient (Wildman–Crippen LogP) is 2.98. The van der Waals surface area contributed by atoms with E-state index in [1.807, 2.05) is 31.3 Å². The van der Waals surface area contributed by atoms with E-state index >= 15 is 0 Å². The number of aliphatic imine (C=N–C) groups is 1. The van der Waals surface area contributed by atoms with Gasteiger partial charge in [0, 0.05) is 59.2 Å². The maximum absolute atomic E-state index is 5.45. The van der Waals surface area contributed by atoms with Crippen molar-refractivity contribution in [3.8, 4) is 0 Å². The van der Waals surface area contributed by atoms with Gasteiger partial charge in [-0.05, 0) is 38.2 Å². The Hall–Kier alpha value is -1.09. The van der Waals surface area contributed by atoms with Crippen molar-refractivity contribution >= 4 is 35.8 Å². The number of nitrogens with zero attached hydrogens (tertiary/aromatic N) is 4. The van der Waals surface area contributed by atoms with Gasteiger partial charge in [-0.2, -0.15) is 0 Å². The van der Waals surface area contributed by atoms with Crippen molar-refractivity contribution < 1.29 is 4.74 Å². The molecule has 7 heteroatoms. The lowest BCUT2D eigenvalue weighted by Gasteiger charge is -2.27. The van der Waals surface area contributed by atoms with Crippen molar-refractivity contribution in [1.29, 1.82) is 0 Å². The van der Waals surface area contributed by atoms with Crippen LogP contribution in [-0.2, 0) is 11.3 Å². The van der Waals surface area contributed by atoms with Gasteiger partial charge in [0.2, 0.25) is 0 Å². The molecule has 1 aliphatic rings. The Morgan fingerprint density at radius 1 is 1.31 bits per heavy atom. The molecule has 0 radical (unpaired) electrons. The summed E-state index contributed by atoms with van der Waals surface area (Å²) in [6.45, 7) is 6.45. The molecule has 0 saturated carbocycles. The van der Waals surface area contributed by atoms with Crippen LogP contribution < -0.4 is 10.2 Å². The molecule has 26 heavy (non-hydrogen) atoms. The minimum atomic E-state index is 0. The summed E-state index contributed by atoms with van der Waals surface area (Å²) in [7, 11) is 6.15. The standard InChI is InChI=1S/C19H33N5O.HI/c1-5-20-19(24(4)12-8-16-9-13-25-14-10-16)22-15-17-7-6-11-21-18(17)23(2)3;/h6-7,11,16H,5,8-10,12-15H2,1-4H3,(H,20,22);1H. The monoisotopic (exact) mass is 475 g/mol. The lowest BCUT2D eigenvalue weighted by atomic mass is 9.96. The fourth-order valence-corrected chi connectivity index (χ4v) is 3.10. The molecule has 1 N–H and O–H groups in total. The zero-order chi connectivity index (χ0) is 18.1. The molecular weight excluding hydrogens is 441 g/mol. The number of hydrogen-bond donors (Lipinski definition) is 1. The van der Waals surface area contributed by atoms with Crippen LogP contribution in [0.5, 0.6) is 0 Å². The number of aromatic nitrogens is 1. The van der Waals surface area contributed by atoms with Crippen LogP contribution in [0.4, 0.5) is 5.82 Å². The highest BCUT2D eigenvalue weighted by Crippen LogP contribution is 2.19. The summed E-state index contributed by atoms with van der Waals surface area (Å²) in [4.78, 5) is 13.6. The molecule has 2 heterocycles. The first-order chi connectivity index (χ1) is 12.1. The van der Waals surface area contributed by atoms with Crippen molar-refractivity contribution in [3.05, 3.63) is 23.9 Å². The minimum absolute atomic E-state index is 0. The zero-order valence-corrected chi connectivity index (χ0v) is 18.9. The Labute approximate surface area is 175 Å². The Balaban J connectivity index is 0.00000338. The van der Waals surface area contributed by atoms with Crippen LogP contribution in [0.1, 0.15) is 31.7 Å². The normalized spacial score (nSPS) is 15.3. The molecule has 0 amide bonds. The number of halogens is 1. The smallest absolute Gasteiger partial charge is 0.193 e. The van der Waals surface area contributed by atoms with E-state index < -0.39 is 0 Å². The summed E-state index contributed by atoms with van der Waals surface area (Å²) in [5, 5.41) is 3.41. The Bertz CT molecular complexity index is 546. The van der Waals surface area contributed by atoms with Gasteiger partial charge < -0.3 is 19.9 Å². The minimum Gasteiger partial charge on any atom is -0.381 e. The lowest BCUT2D eigenvalue weighted by Crippen LogP contribution is -2.40. The highest BCUT2D eigenvalue weighted by Gasteiger charge is 2.15. The summed E-state index contributed by atoms with van der Waals surface area (Å²) >= 11 is 0. The number of pyridine rings is 1. The van der Waals surface area contributed by atoms with Gasteiger partial charge in [-0.1, -0.05) is 6.07 Å². The largest absolute Gasteiger partial charge is 0.381 e. The van der Waals surface area contributed by atoms with Gasteiger partial charge in [0.25, 0.3) is 0 Å². The van der Waals surface area contributed by atoms with Crippen LogP contribution in [0.25, 0.3) is 0 Å². The average Bonchev–Trinajstić information content (AvgIpc) is 2.64. The summed E-state index contributed by atoms with van der Waals surface area (Å²) in [5.41, 5.74) is 1.14. The third kappa shape index (κ3) is 7.26. The third-order valence-corrected chi connectivity index (χ3v) is 4.60. The summed E-state index contributed by atoms with van der Waals surface area (Å²) < 4.78 is 5.45. The summed E-state index contributed by atoms with van der Waals surface area (Å²) in [6, 6.07) is 4.07. The van der Waals surface area contributed by atoms with E-state index in [1.165, 1.54) is 19.3 Å². The number of hydrogen-bond acceptors (Lipinski definition) is 4. The topological polar surface area (TPSA) is 53.0 Å². The molecule has 1 aromatic heterocycles. The van der Waals surface area contributed by atoms with E-state index in [0.29, 0.717) is 6.54 Å². The Kier molecular flexibility index (Phi) is 10.9. The molecule has 0 atom stereocenters. The van der Waals surface area contributed by atoms with Crippen molar-refractivity contribution in [2.75, 3.05) is 52.3 Å². The Morgan fingerprint density at radius 2 is 2.04 bits per heavy atom. The van der Waals surface area contributed by atoms with Gasteiger partial charge in [0.1, 0.15) is 5.82 Å². The molecule has 0 spiro atoms. The Morgan fingerprint density at radius 3 is 2.69 bits per heavy atom. The molecule has 2 rings (SSSR count). The molecular formula is C19H34IN5O. The predicted molar refractivity (Wildman–Crippen MR) is 120 cm³/mol. The van der Waals surface area contributed by atoms with E-state index in [-0.39, 0.29) is 24.0 Å². The third-order valence-electron chi connectivity index (χ3n) is 4.60. The van der Waals surface area contributed by atoms with Gasteiger partial charge in [-0.25, -0.2) is 9.98 Å². The maximum Gasteiger partial charge on any atom is 0.193 e. The van der Waals surface area contributed by atoms with Gasteiger partial charge in [0.05, 0.1) is 6.54 Å². The summed E-state index contributed by atoms with van der Waals surface area (Å²) in [5.74, 6) is 2.72. The first-order valence-electron chi connectivity index (χ1n) is 9.30. The average molecular weight is 475 g/mol. The first kappa shape index (κ1) is 23.0. The van der Waals surface area contributed by atoms with Gasteiger partial charge >= 0.3 is 0 Å². The van der Waals surface area contributed by atoms with E-state index in [9.17, 15) is 0 Å². The van der Waals surface area contributed by atoms with Crippen molar-refractivity contribution in [2.24, 2.45) is 10.9 Å². The molecule has 148 valence electrons. The zero-order valence-electron chi connectivity index (χ0n) is 16.6. The van der Waals surface area contributed by atoms with Crippen LogP contribution in [0, 0.1) is 5.92 Å². The number of ether oxygens (including phenoxy) is 1. The molecule has 0 aromatic carbocycles. The molecule has 0 unspecified atom stereocenters. The quantitative estimate of drug-likeness (QED) is 0.374. The summed E-state index contributed by atoms with van der Waals surface area (Å²) in [6.07, 6.45) is 5.39. The molecule has 0 aliphatic carbocycles. The van der Waals surface area contributed by atoms with Gasteiger partial charge in [-0.3, -0.25) is 0 Å². The molecule has 1 saturated heterocycles. The van der Waals surface area contributed by atoms with Crippen molar-refractivity contribution in [3.63, 3.8) is 0 Å². The van der Waals surface area contributed by atoms with Crippen LogP contribution in [-0.4, -0.2) is 63.3 Å². The number of nitrogens with one attached hydrogen (secondary N) is 1.